The zero-order chi connectivity index (χ0) is 41.2. The van der Waals surface area contributed by atoms with Crippen molar-refractivity contribution in [2.24, 2.45) is 0 Å². The molecule has 1 aromatic heterocycles. The van der Waals surface area contributed by atoms with E-state index < -0.39 is 0 Å². The standard InChI is InChI=1S/C57H46BN3/c1-37-34-46-53-50(35-37)61-54-43-31-30-42(59(38-20-10-6-11-21-38)39-22-12-7-13-23-39)36-45(43)57(4,5)52(54)51-49(60(40-24-14-8-15-25-40)41-26-16-9-17-27-41)33-32-48(55(51)61)58(53)47-29-19-18-28-44(47)56(46,2)3/h6-36H,1-5H3. The van der Waals surface area contributed by atoms with Gasteiger partial charge < -0.3 is 14.4 Å². The van der Waals surface area contributed by atoms with Gasteiger partial charge in [-0.2, -0.15) is 0 Å². The number of anilines is 6. The molecule has 2 aliphatic heterocycles. The summed E-state index contributed by atoms with van der Waals surface area (Å²) < 4.78 is 2.70. The lowest BCUT2D eigenvalue weighted by atomic mass is 9.30. The van der Waals surface area contributed by atoms with E-state index in [1.807, 2.05) is 0 Å². The molecule has 0 atom stereocenters. The Morgan fingerprint density at radius 2 is 1.02 bits per heavy atom. The lowest BCUT2D eigenvalue weighted by Gasteiger charge is -2.42. The SMILES string of the molecule is Cc1cc2c3c(c1)C(C)(C)c1ccccc1B3c1ccc(N(c3ccccc3)c3ccccc3)c3c4c(n-2c13)-c1ccc(N(c2ccccc2)c2ccccc2)cc1C4(C)C. The number of benzene rings is 8. The minimum absolute atomic E-state index is 0.117. The number of para-hydroxylation sites is 4. The highest BCUT2D eigenvalue weighted by molar-refractivity contribution is 6.99. The Labute approximate surface area is 359 Å². The van der Waals surface area contributed by atoms with Crippen molar-refractivity contribution in [3.05, 3.63) is 216 Å². The number of aryl methyl sites for hydroxylation is 1. The van der Waals surface area contributed by atoms with Crippen LogP contribution in [0.25, 0.3) is 27.8 Å². The Kier molecular flexibility index (Phi) is 7.63. The lowest BCUT2D eigenvalue weighted by molar-refractivity contribution is 0.644. The minimum Gasteiger partial charge on any atom is -0.310 e. The van der Waals surface area contributed by atoms with Crippen LogP contribution < -0.4 is 26.2 Å². The Morgan fingerprint density at radius 1 is 0.459 bits per heavy atom. The van der Waals surface area contributed by atoms with E-state index in [1.54, 1.807) is 0 Å². The quantitative estimate of drug-likeness (QED) is 0.156. The van der Waals surface area contributed by atoms with Crippen molar-refractivity contribution in [3.63, 3.8) is 0 Å². The number of nitrogens with zero attached hydrogens (tertiary/aromatic N) is 3. The predicted octanol–water partition coefficient (Wildman–Crippen LogP) is 12.7. The first-order valence-corrected chi connectivity index (χ1v) is 21.7. The molecule has 292 valence electrons. The topological polar surface area (TPSA) is 11.4 Å². The van der Waals surface area contributed by atoms with E-state index in [1.165, 1.54) is 77.7 Å². The second-order valence-electron chi connectivity index (χ2n) is 18.2. The summed E-state index contributed by atoms with van der Waals surface area (Å²) in [6, 6.07) is 69.7. The van der Waals surface area contributed by atoms with Gasteiger partial charge in [0.1, 0.15) is 0 Å². The molecule has 0 radical (unpaired) electrons. The molecule has 0 amide bonds. The van der Waals surface area contributed by atoms with Crippen molar-refractivity contribution >= 4 is 68.1 Å². The van der Waals surface area contributed by atoms with Crippen molar-refractivity contribution in [1.29, 1.82) is 0 Å². The van der Waals surface area contributed by atoms with Gasteiger partial charge in [0.25, 0.3) is 0 Å². The fourth-order valence-corrected chi connectivity index (χ4v) is 11.4. The maximum atomic E-state index is 2.70. The van der Waals surface area contributed by atoms with Gasteiger partial charge in [-0.15, -0.1) is 0 Å². The Morgan fingerprint density at radius 3 is 1.62 bits per heavy atom. The highest BCUT2D eigenvalue weighted by Gasteiger charge is 2.49. The van der Waals surface area contributed by atoms with E-state index >= 15 is 0 Å². The fourth-order valence-electron chi connectivity index (χ4n) is 11.4. The maximum Gasteiger partial charge on any atom is 0.247 e. The molecule has 1 aliphatic carbocycles. The normalized spacial score (nSPS) is 14.5. The second-order valence-corrected chi connectivity index (χ2v) is 18.2. The van der Waals surface area contributed by atoms with Crippen LogP contribution in [0, 0.1) is 6.92 Å². The third kappa shape index (κ3) is 4.99. The van der Waals surface area contributed by atoms with Crippen LogP contribution in [0.5, 0.6) is 0 Å². The number of fused-ring (bicyclic) bond motifs is 9. The highest BCUT2D eigenvalue weighted by Crippen LogP contribution is 2.58. The molecule has 4 heteroatoms. The zero-order valence-electron chi connectivity index (χ0n) is 35.3. The van der Waals surface area contributed by atoms with E-state index in [9.17, 15) is 0 Å². The molecular weight excluding hydrogens is 737 g/mol. The Hall–Kier alpha value is -7.04. The summed E-state index contributed by atoms with van der Waals surface area (Å²) in [5, 5.41) is 1.32. The Balaban J connectivity index is 1.21. The minimum atomic E-state index is -0.348. The molecule has 0 spiro atoms. The van der Waals surface area contributed by atoms with Crippen LogP contribution >= 0.6 is 0 Å². The molecule has 0 saturated carbocycles. The molecule has 0 saturated heterocycles. The van der Waals surface area contributed by atoms with Gasteiger partial charge in [-0.25, -0.2) is 0 Å². The summed E-state index contributed by atoms with van der Waals surface area (Å²) in [6.07, 6.45) is 0. The molecule has 0 bridgehead atoms. The maximum absolute atomic E-state index is 2.70. The molecule has 0 unspecified atom stereocenters. The summed E-state index contributed by atoms with van der Waals surface area (Å²) in [5.74, 6) is 0. The average molecular weight is 784 g/mol. The largest absolute Gasteiger partial charge is 0.310 e. The van der Waals surface area contributed by atoms with Crippen LogP contribution in [0.1, 0.15) is 55.5 Å². The zero-order valence-corrected chi connectivity index (χ0v) is 35.3. The van der Waals surface area contributed by atoms with Gasteiger partial charge in [-0.05, 0) is 118 Å². The number of rotatable bonds is 6. The van der Waals surface area contributed by atoms with Gasteiger partial charge in [0, 0.05) is 55.9 Å². The number of hydrogen-bond donors (Lipinski definition) is 0. The van der Waals surface area contributed by atoms with Gasteiger partial charge in [-0.1, -0.05) is 148 Å². The van der Waals surface area contributed by atoms with Crippen LogP contribution in [0.3, 0.4) is 0 Å². The molecule has 8 aromatic carbocycles. The van der Waals surface area contributed by atoms with Crippen LogP contribution in [0.2, 0.25) is 0 Å². The van der Waals surface area contributed by atoms with E-state index in [-0.39, 0.29) is 17.5 Å². The highest BCUT2D eigenvalue weighted by atomic mass is 15.2. The van der Waals surface area contributed by atoms with Crippen LogP contribution in [-0.2, 0) is 10.8 Å². The van der Waals surface area contributed by atoms with E-state index in [4.69, 9.17) is 0 Å². The summed E-state index contributed by atoms with van der Waals surface area (Å²) in [4.78, 5) is 4.88. The van der Waals surface area contributed by atoms with E-state index in [2.05, 4.69) is 237 Å². The van der Waals surface area contributed by atoms with Crippen LogP contribution in [-0.4, -0.2) is 11.3 Å². The number of aromatic nitrogens is 1. The third-order valence-corrected chi connectivity index (χ3v) is 14.0. The second kappa shape index (κ2) is 13.0. The van der Waals surface area contributed by atoms with Gasteiger partial charge in [0.05, 0.1) is 16.9 Å². The molecule has 0 fully saturated rings. The molecule has 0 N–H and O–H groups in total. The monoisotopic (exact) mass is 783 g/mol. The van der Waals surface area contributed by atoms with Crippen LogP contribution in [0.15, 0.2) is 188 Å². The van der Waals surface area contributed by atoms with Crippen molar-refractivity contribution in [3.8, 4) is 16.9 Å². The van der Waals surface area contributed by atoms with Gasteiger partial charge in [0.15, 0.2) is 0 Å². The van der Waals surface area contributed by atoms with Crippen molar-refractivity contribution in [2.45, 2.75) is 45.4 Å². The first kappa shape index (κ1) is 35.9. The van der Waals surface area contributed by atoms with Crippen molar-refractivity contribution < 1.29 is 0 Å². The average Bonchev–Trinajstić information content (AvgIpc) is 3.77. The molecule has 12 rings (SSSR count). The molecule has 3 aliphatic rings. The summed E-state index contributed by atoms with van der Waals surface area (Å²) in [6.45, 7) is 12.2. The van der Waals surface area contributed by atoms with Crippen LogP contribution in [0.4, 0.5) is 34.1 Å². The van der Waals surface area contributed by atoms with Gasteiger partial charge in [-0.3, -0.25) is 0 Å². The summed E-state index contributed by atoms with van der Waals surface area (Å²) in [5.41, 5.74) is 22.8. The molecular formula is C57H46BN3. The van der Waals surface area contributed by atoms with Gasteiger partial charge in [0.2, 0.25) is 6.71 Å². The third-order valence-electron chi connectivity index (χ3n) is 14.0. The Bertz CT molecular complexity index is 3120. The smallest absolute Gasteiger partial charge is 0.247 e. The summed E-state index contributed by atoms with van der Waals surface area (Å²) >= 11 is 0. The van der Waals surface area contributed by atoms with Gasteiger partial charge >= 0.3 is 0 Å². The van der Waals surface area contributed by atoms with E-state index in [0.29, 0.717) is 0 Å². The molecule has 3 nitrogen and oxygen atoms in total. The lowest BCUT2D eigenvalue weighted by Crippen LogP contribution is -2.63. The molecule has 9 aromatic rings. The van der Waals surface area contributed by atoms with Crippen molar-refractivity contribution in [2.75, 3.05) is 9.80 Å². The molecule has 61 heavy (non-hydrogen) atoms. The summed E-state index contributed by atoms with van der Waals surface area (Å²) in [7, 11) is 0. The van der Waals surface area contributed by atoms with E-state index in [0.717, 1.165) is 28.4 Å². The first-order chi connectivity index (χ1) is 29.7. The first-order valence-electron chi connectivity index (χ1n) is 21.7. The van der Waals surface area contributed by atoms with Crippen molar-refractivity contribution in [1.82, 2.24) is 4.57 Å². The molecule has 3 heterocycles. The fraction of sp³-hybridized carbons (Fsp3) is 0.123. The number of hydrogen-bond acceptors (Lipinski definition) is 2. The predicted molar refractivity (Wildman–Crippen MR) is 258 cm³/mol.